The van der Waals surface area contributed by atoms with Gasteiger partial charge in [-0.3, -0.25) is 0 Å². The second-order valence-electron chi connectivity index (χ2n) is 13.3. The topological polar surface area (TPSA) is 0 Å². The summed E-state index contributed by atoms with van der Waals surface area (Å²) in [5.74, 6) is 0. The number of hydrogen-bond donors (Lipinski definition) is 0. The lowest BCUT2D eigenvalue weighted by Crippen LogP contribution is -1.92. The predicted octanol–water partition coefficient (Wildman–Crippen LogP) is 14.5. The van der Waals surface area contributed by atoms with E-state index in [1.807, 2.05) is 0 Å². The van der Waals surface area contributed by atoms with Gasteiger partial charge in [-0.2, -0.15) is 0 Å². The van der Waals surface area contributed by atoms with E-state index in [0.717, 1.165) is 0 Å². The molecule has 0 saturated carbocycles. The highest BCUT2D eigenvalue weighted by Crippen LogP contribution is 2.45. The van der Waals surface area contributed by atoms with Gasteiger partial charge >= 0.3 is 0 Å². The predicted molar refractivity (Wildman–Crippen MR) is 224 cm³/mol. The summed E-state index contributed by atoms with van der Waals surface area (Å²) in [7, 11) is 0. The average Bonchev–Trinajstić information content (AvgIpc) is 3.23. The van der Waals surface area contributed by atoms with Crippen LogP contribution in [0, 0.1) is 0 Å². The van der Waals surface area contributed by atoms with E-state index in [9.17, 15) is 0 Å². The Morgan fingerprint density at radius 1 is 0.212 bits per heavy atom. The number of fused-ring (bicyclic) bond motifs is 2. The van der Waals surface area contributed by atoms with Crippen LogP contribution in [0.5, 0.6) is 0 Å². The van der Waals surface area contributed by atoms with Gasteiger partial charge < -0.3 is 0 Å². The summed E-state index contributed by atoms with van der Waals surface area (Å²) in [6.07, 6.45) is 4.38. The molecule has 0 heterocycles. The van der Waals surface area contributed by atoms with Crippen LogP contribution in [0.25, 0.3) is 89.3 Å². The maximum Gasteiger partial charge on any atom is -0.00261 e. The highest BCUT2D eigenvalue weighted by atomic mass is 14.2. The standard InChI is InChI=1S/C52H36/c1-4-13-37(14-5-1)23-24-38-15-12-20-45(35-38)46-33-34-49-50(36-46)52(44-31-27-42(28-32-44)40-18-8-3-9-19-40)48-22-11-10-21-47(48)51(49)43-29-25-41(26-30-43)39-16-6-2-7-17-39/h1-36H. The minimum Gasteiger partial charge on any atom is -0.0622 e. The molecule has 0 aliphatic carbocycles. The molecule has 0 atom stereocenters. The fourth-order valence-corrected chi connectivity index (χ4v) is 7.48. The van der Waals surface area contributed by atoms with Gasteiger partial charge in [-0.25, -0.2) is 0 Å². The Kier molecular flexibility index (Phi) is 8.33. The van der Waals surface area contributed by atoms with Crippen LogP contribution in [0.4, 0.5) is 0 Å². The van der Waals surface area contributed by atoms with Crippen molar-refractivity contribution >= 4 is 33.7 Å². The molecule has 0 N–H and O–H groups in total. The number of rotatable bonds is 7. The summed E-state index contributed by atoms with van der Waals surface area (Å²) in [6.45, 7) is 0. The highest BCUT2D eigenvalue weighted by Gasteiger charge is 2.18. The van der Waals surface area contributed by atoms with Gasteiger partial charge in [0.1, 0.15) is 0 Å². The van der Waals surface area contributed by atoms with Gasteiger partial charge in [0.05, 0.1) is 0 Å². The Morgan fingerprint density at radius 2 is 0.577 bits per heavy atom. The molecular formula is C52H36. The molecule has 0 radical (unpaired) electrons. The van der Waals surface area contributed by atoms with Crippen molar-refractivity contribution in [1.82, 2.24) is 0 Å². The van der Waals surface area contributed by atoms with E-state index in [1.54, 1.807) is 0 Å². The van der Waals surface area contributed by atoms with Gasteiger partial charge in [0.15, 0.2) is 0 Å². The van der Waals surface area contributed by atoms with Crippen LogP contribution in [0.3, 0.4) is 0 Å². The Labute approximate surface area is 305 Å². The third kappa shape index (κ3) is 6.12. The molecule has 0 aliphatic heterocycles. The Morgan fingerprint density at radius 3 is 1.15 bits per heavy atom. The lowest BCUT2D eigenvalue weighted by molar-refractivity contribution is 1.59. The minimum absolute atomic E-state index is 1.18. The van der Waals surface area contributed by atoms with Gasteiger partial charge in [0.2, 0.25) is 0 Å². The lowest BCUT2D eigenvalue weighted by Gasteiger charge is -2.19. The Hall–Kier alpha value is -6.76. The van der Waals surface area contributed by atoms with Crippen LogP contribution in [0.15, 0.2) is 206 Å². The fraction of sp³-hybridized carbons (Fsp3) is 0. The zero-order valence-electron chi connectivity index (χ0n) is 28.8. The van der Waals surface area contributed by atoms with Gasteiger partial charge in [0.25, 0.3) is 0 Å². The van der Waals surface area contributed by atoms with Crippen LogP contribution in [0.2, 0.25) is 0 Å². The quantitative estimate of drug-likeness (QED) is 0.118. The van der Waals surface area contributed by atoms with Crippen molar-refractivity contribution in [2.24, 2.45) is 0 Å². The fourth-order valence-electron chi connectivity index (χ4n) is 7.48. The maximum atomic E-state index is 2.41. The van der Waals surface area contributed by atoms with Crippen molar-refractivity contribution in [3.05, 3.63) is 217 Å². The van der Waals surface area contributed by atoms with Crippen molar-refractivity contribution in [3.8, 4) is 55.6 Å². The first-order valence-corrected chi connectivity index (χ1v) is 17.9. The SMILES string of the molecule is C(=Cc1cccc(-c2ccc3c(-c4ccc(-c5ccccc5)cc4)c4ccccc4c(-c4ccc(-c5ccccc5)cc4)c3c2)c1)c1ccccc1. The van der Waals surface area contributed by atoms with Crippen LogP contribution < -0.4 is 0 Å². The molecule has 244 valence electrons. The molecule has 0 fully saturated rings. The third-order valence-electron chi connectivity index (χ3n) is 10.1. The molecule has 0 nitrogen and oxygen atoms in total. The van der Waals surface area contributed by atoms with Crippen molar-refractivity contribution in [2.45, 2.75) is 0 Å². The van der Waals surface area contributed by atoms with E-state index in [-0.39, 0.29) is 0 Å². The van der Waals surface area contributed by atoms with Gasteiger partial charge in [-0.1, -0.05) is 206 Å². The normalized spacial score (nSPS) is 11.4. The van der Waals surface area contributed by atoms with E-state index in [0.29, 0.717) is 0 Å². The monoisotopic (exact) mass is 660 g/mol. The molecule has 0 amide bonds. The summed E-state index contributed by atoms with van der Waals surface area (Å²) >= 11 is 0. The van der Waals surface area contributed by atoms with E-state index in [4.69, 9.17) is 0 Å². The van der Waals surface area contributed by atoms with Gasteiger partial charge in [-0.05, 0) is 100 Å². The summed E-state index contributed by atoms with van der Waals surface area (Å²) in [6, 6.07) is 74.7. The summed E-state index contributed by atoms with van der Waals surface area (Å²) in [5, 5.41) is 5.00. The molecule has 9 aromatic rings. The average molecular weight is 661 g/mol. The van der Waals surface area contributed by atoms with Crippen molar-refractivity contribution in [1.29, 1.82) is 0 Å². The molecular weight excluding hydrogens is 625 g/mol. The first kappa shape index (κ1) is 31.2. The molecule has 0 saturated heterocycles. The largest absolute Gasteiger partial charge is 0.0622 e. The maximum absolute atomic E-state index is 2.41. The van der Waals surface area contributed by atoms with Crippen LogP contribution in [-0.4, -0.2) is 0 Å². The highest BCUT2D eigenvalue weighted by molar-refractivity contribution is 6.22. The second-order valence-corrected chi connectivity index (χ2v) is 13.3. The molecule has 0 unspecified atom stereocenters. The molecule has 52 heavy (non-hydrogen) atoms. The smallest absolute Gasteiger partial charge is 0.00261 e. The van der Waals surface area contributed by atoms with Gasteiger partial charge in [0, 0.05) is 0 Å². The summed E-state index contributed by atoms with van der Waals surface area (Å²) in [5.41, 5.74) is 14.6. The zero-order valence-corrected chi connectivity index (χ0v) is 28.8. The van der Waals surface area contributed by atoms with Crippen LogP contribution in [-0.2, 0) is 0 Å². The Balaban J connectivity index is 1.23. The van der Waals surface area contributed by atoms with Crippen LogP contribution in [0.1, 0.15) is 11.1 Å². The summed E-state index contributed by atoms with van der Waals surface area (Å²) < 4.78 is 0. The van der Waals surface area contributed by atoms with E-state index < -0.39 is 0 Å². The first-order chi connectivity index (χ1) is 25.8. The number of benzene rings is 9. The van der Waals surface area contributed by atoms with Crippen LogP contribution >= 0.6 is 0 Å². The molecule has 0 bridgehead atoms. The molecule has 0 heteroatoms. The third-order valence-corrected chi connectivity index (χ3v) is 10.1. The van der Waals surface area contributed by atoms with E-state index >= 15 is 0 Å². The second kappa shape index (κ2) is 13.9. The van der Waals surface area contributed by atoms with Crippen molar-refractivity contribution in [2.75, 3.05) is 0 Å². The summed E-state index contributed by atoms with van der Waals surface area (Å²) in [4.78, 5) is 0. The molecule has 9 rings (SSSR count). The van der Waals surface area contributed by atoms with E-state index in [1.165, 1.54) is 88.3 Å². The molecule has 0 aliphatic rings. The Bertz CT molecular complexity index is 2670. The molecule has 0 aromatic heterocycles. The van der Waals surface area contributed by atoms with Gasteiger partial charge in [-0.15, -0.1) is 0 Å². The van der Waals surface area contributed by atoms with Crippen molar-refractivity contribution < 1.29 is 0 Å². The first-order valence-electron chi connectivity index (χ1n) is 17.9. The zero-order chi connectivity index (χ0) is 34.7. The molecule has 0 spiro atoms. The lowest BCUT2D eigenvalue weighted by atomic mass is 9.84. The minimum atomic E-state index is 1.18. The van der Waals surface area contributed by atoms with E-state index in [2.05, 4.69) is 218 Å². The van der Waals surface area contributed by atoms with Crippen molar-refractivity contribution in [3.63, 3.8) is 0 Å². The molecule has 9 aromatic carbocycles. The number of hydrogen-bond acceptors (Lipinski definition) is 0.